The minimum Gasteiger partial charge on any atom is -0.393 e. The first-order valence-electron chi connectivity index (χ1n) is 14.6. The Hall–Kier alpha value is -2.12. The van der Waals surface area contributed by atoms with E-state index in [0.29, 0.717) is 19.0 Å². The molecule has 1 heterocycles. The van der Waals surface area contributed by atoms with Crippen LogP contribution in [0.4, 0.5) is 4.79 Å². The molecular formula is C30H46N4O3. The first-order chi connectivity index (χ1) is 17.8. The maximum Gasteiger partial charge on any atom is 0.321 e. The second-order valence-electron chi connectivity index (χ2n) is 12.5. The number of rotatable bonds is 8. The molecule has 3 saturated carbocycles. The van der Waals surface area contributed by atoms with Crippen molar-refractivity contribution >= 4 is 11.9 Å². The van der Waals surface area contributed by atoms with Gasteiger partial charge in [0.2, 0.25) is 5.91 Å². The Morgan fingerprint density at radius 1 is 1.03 bits per heavy atom. The number of aliphatic hydroxyl groups is 1. The highest BCUT2D eigenvalue weighted by atomic mass is 16.3. The number of aliphatic hydroxyl groups excluding tert-OH is 1. The lowest BCUT2D eigenvalue weighted by atomic mass is 9.68. The summed E-state index contributed by atoms with van der Waals surface area (Å²) in [6, 6.07) is 10.8. The van der Waals surface area contributed by atoms with E-state index in [0.717, 1.165) is 57.9 Å². The normalized spacial score (nSPS) is 32.7. The van der Waals surface area contributed by atoms with Crippen molar-refractivity contribution in [2.45, 2.75) is 87.8 Å². The van der Waals surface area contributed by atoms with Gasteiger partial charge in [-0.15, -0.1) is 0 Å². The van der Waals surface area contributed by atoms with Crippen molar-refractivity contribution in [1.82, 2.24) is 20.0 Å². The predicted octanol–water partition coefficient (Wildman–Crippen LogP) is 3.96. The van der Waals surface area contributed by atoms with Crippen molar-refractivity contribution in [3.63, 3.8) is 0 Å². The van der Waals surface area contributed by atoms with Gasteiger partial charge in [-0.2, -0.15) is 0 Å². The maximum absolute atomic E-state index is 13.7. The van der Waals surface area contributed by atoms with Crippen molar-refractivity contribution in [1.29, 1.82) is 0 Å². The van der Waals surface area contributed by atoms with Crippen molar-refractivity contribution in [3.8, 4) is 0 Å². The monoisotopic (exact) mass is 510 g/mol. The molecule has 37 heavy (non-hydrogen) atoms. The van der Waals surface area contributed by atoms with E-state index in [1.165, 1.54) is 24.8 Å². The summed E-state index contributed by atoms with van der Waals surface area (Å²) in [5.74, 6) is 0.621. The maximum atomic E-state index is 13.7. The van der Waals surface area contributed by atoms with Crippen molar-refractivity contribution in [3.05, 3.63) is 35.9 Å². The molecule has 0 radical (unpaired) electrons. The van der Waals surface area contributed by atoms with E-state index in [-0.39, 0.29) is 41.6 Å². The molecule has 0 bridgehead atoms. The second-order valence-corrected chi connectivity index (χ2v) is 12.5. The molecule has 7 nitrogen and oxygen atoms in total. The number of nitrogens with one attached hydrogen (secondary N) is 1. The molecule has 7 heteroatoms. The van der Waals surface area contributed by atoms with Gasteiger partial charge in [-0.3, -0.25) is 9.69 Å². The Bertz CT molecular complexity index is 939. The van der Waals surface area contributed by atoms with Crippen LogP contribution in [0.2, 0.25) is 0 Å². The summed E-state index contributed by atoms with van der Waals surface area (Å²) in [4.78, 5) is 33.0. The Kier molecular flexibility index (Phi) is 7.83. The third-order valence-corrected chi connectivity index (χ3v) is 10.2. The lowest BCUT2D eigenvalue weighted by Gasteiger charge is -2.51. The number of carbonyl (C=O) groups is 2. The van der Waals surface area contributed by atoms with Crippen LogP contribution in [0.3, 0.4) is 0 Å². The van der Waals surface area contributed by atoms with Crippen LogP contribution in [0.25, 0.3) is 0 Å². The van der Waals surface area contributed by atoms with Crippen LogP contribution in [-0.4, -0.2) is 83.7 Å². The zero-order chi connectivity index (χ0) is 26.0. The Morgan fingerprint density at radius 3 is 2.35 bits per heavy atom. The largest absolute Gasteiger partial charge is 0.393 e. The van der Waals surface area contributed by atoms with E-state index in [9.17, 15) is 14.7 Å². The molecule has 5 rings (SSSR count). The fourth-order valence-corrected chi connectivity index (χ4v) is 7.41. The van der Waals surface area contributed by atoms with E-state index in [4.69, 9.17) is 0 Å². The summed E-state index contributed by atoms with van der Waals surface area (Å²) < 4.78 is 0. The summed E-state index contributed by atoms with van der Waals surface area (Å²) in [6.07, 6.45) is 11.2. The highest BCUT2D eigenvalue weighted by molar-refractivity contribution is 5.86. The Balaban J connectivity index is 1.28. The first-order valence-corrected chi connectivity index (χ1v) is 14.6. The second kappa shape index (κ2) is 10.9. The number of hydrogen-bond acceptors (Lipinski definition) is 4. The topological polar surface area (TPSA) is 76.1 Å². The zero-order valence-electron chi connectivity index (χ0n) is 22.8. The quantitative estimate of drug-likeness (QED) is 0.555. The summed E-state index contributed by atoms with van der Waals surface area (Å²) in [6.45, 7) is 2.07. The van der Waals surface area contributed by atoms with Crippen molar-refractivity contribution in [2.24, 2.45) is 11.8 Å². The van der Waals surface area contributed by atoms with Gasteiger partial charge in [-0.25, -0.2) is 4.79 Å². The van der Waals surface area contributed by atoms with E-state index >= 15 is 0 Å². The highest BCUT2D eigenvalue weighted by Crippen LogP contribution is 2.49. The van der Waals surface area contributed by atoms with E-state index in [2.05, 4.69) is 59.5 Å². The van der Waals surface area contributed by atoms with Gasteiger partial charge < -0.3 is 20.2 Å². The number of benzene rings is 1. The highest BCUT2D eigenvalue weighted by Gasteiger charge is 2.55. The lowest BCUT2D eigenvalue weighted by Crippen LogP contribution is -2.56. The molecule has 2 atom stereocenters. The van der Waals surface area contributed by atoms with Crippen LogP contribution < -0.4 is 5.32 Å². The van der Waals surface area contributed by atoms with E-state index in [1.807, 2.05) is 0 Å². The molecule has 2 N–H and O–H groups in total. The van der Waals surface area contributed by atoms with Gasteiger partial charge in [-0.1, -0.05) is 49.6 Å². The fourth-order valence-electron chi connectivity index (χ4n) is 7.41. The average molecular weight is 511 g/mol. The number of hydrogen-bond donors (Lipinski definition) is 2. The zero-order valence-corrected chi connectivity index (χ0v) is 22.8. The van der Waals surface area contributed by atoms with Gasteiger partial charge in [0.05, 0.1) is 11.6 Å². The minimum absolute atomic E-state index is 0.0245. The standard InChI is InChI=1S/C30H46N4O3/c1-32(2)30(25-12-4-3-5-13-25)17-15-29(16-18-30)22-33(28(37)34(29)20-23-9-8-10-23)21-27(36)31-19-24-11-6-7-14-26(24)35/h3-5,12-13,23-24,26,35H,6-11,14-22H2,1-2H3,(H,31,36)/t24?,26-,29?,30?/m1/s1. The van der Waals surface area contributed by atoms with Crippen LogP contribution in [0.5, 0.6) is 0 Å². The molecule has 1 saturated heterocycles. The molecule has 3 amide bonds. The van der Waals surface area contributed by atoms with Crippen LogP contribution >= 0.6 is 0 Å². The molecule has 4 aliphatic rings. The van der Waals surface area contributed by atoms with Gasteiger partial charge in [0.1, 0.15) is 6.54 Å². The molecule has 204 valence electrons. The minimum atomic E-state index is -0.326. The molecule has 0 aromatic heterocycles. The molecular weight excluding hydrogens is 464 g/mol. The van der Waals surface area contributed by atoms with Gasteiger partial charge in [-0.05, 0) is 76.9 Å². The molecule has 1 spiro atoms. The van der Waals surface area contributed by atoms with Gasteiger partial charge in [0.15, 0.2) is 0 Å². The average Bonchev–Trinajstić information content (AvgIpc) is 3.11. The van der Waals surface area contributed by atoms with Crippen LogP contribution in [0, 0.1) is 11.8 Å². The van der Waals surface area contributed by atoms with Gasteiger partial charge in [0.25, 0.3) is 0 Å². The SMILES string of the molecule is CN(C)C1(c2ccccc2)CCC2(CC1)CN(CC(=O)NCC1CCCC[C@H]1O)C(=O)N2CC1CCC1. The Morgan fingerprint density at radius 2 is 1.73 bits per heavy atom. The third-order valence-electron chi connectivity index (χ3n) is 10.2. The summed E-state index contributed by atoms with van der Waals surface area (Å²) >= 11 is 0. The predicted molar refractivity (Wildman–Crippen MR) is 145 cm³/mol. The van der Waals surface area contributed by atoms with Gasteiger partial charge in [0, 0.05) is 31.1 Å². The molecule has 1 aromatic carbocycles. The number of nitrogens with zero attached hydrogens (tertiary/aromatic N) is 3. The molecule has 3 aliphatic carbocycles. The lowest BCUT2D eigenvalue weighted by molar-refractivity contribution is -0.122. The number of carbonyl (C=O) groups excluding carboxylic acids is 2. The summed E-state index contributed by atoms with van der Waals surface area (Å²) in [5.41, 5.74) is 1.13. The Labute approximate surface area is 222 Å². The number of amides is 3. The third kappa shape index (κ3) is 5.26. The molecule has 1 aliphatic heterocycles. The fraction of sp³-hybridized carbons (Fsp3) is 0.733. The first kappa shape index (κ1) is 26.5. The molecule has 1 unspecified atom stereocenters. The van der Waals surface area contributed by atoms with Crippen LogP contribution in [0.1, 0.15) is 76.2 Å². The van der Waals surface area contributed by atoms with E-state index in [1.54, 1.807) is 4.90 Å². The summed E-state index contributed by atoms with van der Waals surface area (Å²) in [5, 5.41) is 13.3. The van der Waals surface area contributed by atoms with Crippen LogP contribution in [0.15, 0.2) is 30.3 Å². The van der Waals surface area contributed by atoms with Crippen molar-refractivity contribution in [2.75, 3.05) is 40.3 Å². The van der Waals surface area contributed by atoms with Crippen LogP contribution in [-0.2, 0) is 10.3 Å². The summed E-state index contributed by atoms with van der Waals surface area (Å²) in [7, 11) is 4.35. The molecule has 1 aromatic rings. The smallest absolute Gasteiger partial charge is 0.321 e. The molecule has 4 fully saturated rings. The van der Waals surface area contributed by atoms with Crippen molar-refractivity contribution < 1.29 is 14.7 Å². The van der Waals surface area contributed by atoms with Gasteiger partial charge >= 0.3 is 6.03 Å². The van der Waals surface area contributed by atoms with E-state index < -0.39 is 0 Å². The number of urea groups is 1.